The van der Waals surface area contributed by atoms with Gasteiger partial charge in [-0.2, -0.15) is 5.10 Å². The molecule has 0 saturated heterocycles. The van der Waals surface area contributed by atoms with Crippen LogP contribution in [0, 0.1) is 6.92 Å². The SMILES string of the molecule is Cc1ccc(-c2ccnn2-c2ccccc2)cc1N(C)c1ccccc1. The maximum absolute atomic E-state index is 4.52. The largest absolute Gasteiger partial charge is 0.344 e. The van der Waals surface area contributed by atoms with Gasteiger partial charge in [0.15, 0.2) is 0 Å². The van der Waals surface area contributed by atoms with Gasteiger partial charge in [-0.05, 0) is 48.9 Å². The van der Waals surface area contributed by atoms with E-state index in [9.17, 15) is 0 Å². The molecule has 0 atom stereocenters. The molecule has 26 heavy (non-hydrogen) atoms. The predicted molar refractivity (Wildman–Crippen MR) is 108 cm³/mol. The summed E-state index contributed by atoms with van der Waals surface area (Å²) in [4.78, 5) is 2.22. The van der Waals surface area contributed by atoms with Gasteiger partial charge in [0.05, 0.1) is 17.6 Å². The monoisotopic (exact) mass is 339 g/mol. The summed E-state index contributed by atoms with van der Waals surface area (Å²) in [6, 6.07) is 29.3. The van der Waals surface area contributed by atoms with Crippen LogP contribution in [0.1, 0.15) is 5.56 Å². The Kier molecular flexibility index (Phi) is 4.28. The van der Waals surface area contributed by atoms with Crippen molar-refractivity contribution in [2.45, 2.75) is 6.92 Å². The van der Waals surface area contributed by atoms with Gasteiger partial charge in [-0.25, -0.2) is 4.68 Å². The number of benzene rings is 3. The standard InChI is InChI=1S/C23H21N3/c1-18-13-14-19(17-23(18)25(2)20-9-5-3-6-10-20)22-15-16-24-26(22)21-11-7-4-8-12-21/h3-17H,1-2H3. The minimum absolute atomic E-state index is 1.06. The molecule has 0 aliphatic carbocycles. The van der Waals surface area contributed by atoms with Crippen molar-refractivity contribution in [1.82, 2.24) is 9.78 Å². The summed E-state index contributed by atoms with van der Waals surface area (Å²) in [5.41, 5.74) is 6.89. The molecular formula is C23H21N3. The minimum atomic E-state index is 1.06. The third kappa shape index (κ3) is 3.00. The second kappa shape index (κ2) is 6.89. The zero-order valence-electron chi connectivity index (χ0n) is 15.0. The molecular weight excluding hydrogens is 318 g/mol. The summed E-state index contributed by atoms with van der Waals surface area (Å²) >= 11 is 0. The fourth-order valence-corrected chi connectivity index (χ4v) is 3.22. The molecule has 0 N–H and O–H groups in total. The van der Waals surface area contributed by atoms with E-state index in [-0.39, 0.29) is 0 Å². The fraction of sp³-hybridized carbons (Fsp3) is 0.0870. The molecule has 4 aromatic rings. The van der Waals surface area contributed by atoms with E-state index < -0.39 is 0 Å². The van der Waals surface area contributed by atoms with Crippen LogP contribution in [0.4, 0.5) is 11.4 Å². The van der Waals surface area contributed by atoms with E-state index in [4.69, 9.17) is 0 Å². The highest BCUT2D eigenvalue weighted by atomic mass is 15.3. The number of nitrogens with zero attached hydrogens (tertiary/aromatic N) is 3. The van der Waals surface area contributed by atoms with Gasteiger partial charge in [0.1, 0.15) is 0 Å². The molecule has 0 aliphatic rings. The van der Waals surface area contributed by atoms with Crippen LogP contribution in [0.25, 0.3) is 16.9 Å². The lowest BCUT2D eigenvalue weighted by Crippen LogP contribution is -2.11. The van der Waals surface area contributed by atoms with Crippen molar-refractivity contribution in [2.24, 2.45) is 0 Å². The highest BCUT2D eigenvalue weighted by Gasteiger charge is 2.12. The molecule has 0 spiro atoms. The van der Waals surface area contributed by atoms with Crippen molar-refractivity contribution in [3.05, 3.63) is 96.7 Å². The normalized spacial score (nSPS) is 10.7. The van der Waals surface area contributed by atoms with E-state index in [1.807, 2.05) is 35.1 Å². The average molecular weight is 339 g/mol. The summed E-state index contributed by atoms with van der Waals surface area (Å²) in [5.74, 6) is 0. The van der Waals surface area contributed by atoms with Gasteiger partial charge in [-0.15, -0.1) is 0 Å². The van der Waals surface area contributed by atoms with E-state index >= 15 is 0 Å². The van der Waals surface area contributed by atoms with Crippen LogP contribution in [0.5, 0.6) is 0 Å². The van der Waals surface area contributed by atoms with Gasteiger partial charge >= 0.3 is 0 Å². The number of para-hydroxylation sites is 2. The van der Waals surface area contributed by atoms with Crippen molar-refractivity contribution >= 4 is 11.4 Å². The molecule has 0 aliphatic heterocycles. The van der Waals surface area contributed by atoms with Crippen molar-refractivity contribution in [2.75, 3.05) is 11.9 Å². The molecule has 1 aromatic heterocycles. The molecule has 0 fully saturated rings. The summed E-state index contributed by atoms with van der Waals surface area (Å²) in [5, 5.41) is 4.52. The molecule has 0 saturated carbocycles. The maximum atomic E-state index is 4.52. The second-order valence-electron chi connectivity index (χ2n) is 6.36. The van der Waals surface area contributed by atoms with Crippen molar-refractivity contribution in [3.63, 3.8) is 0 Å². The van der Waals surface area contributed by atoms with Crippen LogP contribution in [-0.2, 0) is 0 Å². The first-order valence-corrected chi connectivity index (χ1v) is 8.73. The van der Waals surface area contributed by atoms with Crippen molar-refractivity contribution in [1.29, 1.82) is 0 Å². The highest BCUT2D eigenvalue weighted by molar-refractivity contribution is 5.73. The van der Waals surface area contributed by atoms with Crippen molar-refractivity contribution in [3.8, 4) is 16.9 Å². The number of rotatable bonds is 4. The fourth-order valence-electron chi connectivity index (χ4n) is 3.22. The highest BCUT2D eigenvalue weighted by Crippen LogP contribution is 2.32. The topological polar surface area (TPSA) is 21.1 Å². The van der Waals surface area contributed by atoms with Crippen LogP contribution >= 0.6 is 0 Å². The Morgan fingerprint density at radius 2 is 1.50 bits per heavy atom. The molecule has 4 rings (SSSR count). The molecule has 3 nitrogen and oxygen atoms in total. The van der Waals surface area contributed by atoms with E-state index in [0.29, 0.717) is 0 Å². The molecule has 0 unspecified atom stereocenters. The number of aryl methyl sites for hydroxylation is 1. The van der Waals surface area contributed by atoms with Gasteiger partial charge in [0.2, 0.25) is 0 Å². The quantitative estimate of drug-likeness (QED) is 0.481. The first-order chi connectivity index (χ1) is 12.7. The Balaban J connectivity index is 1.78. The summed E-state index contributed by atoms with van der Waals surface area (Å²) in [6.45, 7) is 2.15. The van der Waals surface area contributed by atoms with Crippen LogP contribution in [0.2, 0.25) is 0 Å². The van der Waals surface area contributed by atoms with E-state index in [1.165, 1.54) is 16.9 Å². The molecule has 0 amide bonds. The first kappa shape index (κ1) is 16.2. The van der Waals surface area contributed by atoms with Crippen LogP contribution < -0.4 is 4.90 Å². The smallest absolute Gasteiger partial charge is 0.0741 e. The van der Waals surface area contributed by atoms with Crippen molar-refractivity contribution < 1.29 is 0 Å². The Morgan fingerprint density at radius 3 is 2.23 bits per heavy atom. The number of anilines is 2. The van der Waals surface area contributed by atoms with Crippen LogP contribution in [0.3, 0.4) is 0 Å². The van der Waals surface area contributed by atoms with Crippen LogP contribution in [0.15, 0.2) is 91.1 Å². The molecule has 1 heterocycles. The average Bonchev–Trinajstić information content (AvgIpc) is 3.19. The molecule has 3 heteroatoms. The van der Waals surface area contributed by atoms with E-state index in [2.05, 4.69) is 84.6 Å². The predicted octanol–water partition coefficient (Wildman–Crippen LogP) is 5.62. The lowest BCUT2D eigenvalue weighted by atomic mass is 10.1. The first-order valence-electron chi connectivity index (χ1n) is 8.73. The van der Waals surface area contributed by atoms with E-state index in [1.54, 1.807) is 0 Å². The zero-order valence-corrected chi connectivity index (χ0v) is 15.0. The van der Waals surface area contributed by atoms with Gasteiger partial charge < -0.3 is 4.90 Å². The summed E-state index contributed by atoms with van der Waals surface area (Å²) in [7, 11) is 2.11. The minimum Gasteiger partial charge on any atom is -0.344 e. The zero-order chi connectivity index (χ0) is 17.9. The molecule has 0 radical (unpaired) electrons. The second-order valence-corrected chi connectivity index (χ2v) is 6.36. The molecule has 128 valence electrons. The molecule has 3 aromatic carbocycles. The Labute approximate surface area is 154 Å². The number of hydrogen-bond acceptors (Lipinski definition) is 2. The third-order valence-electron chi connectivity index (χ3n) is 4.65. The third-order valence-corrected chi connectivity index (χ3v) is 4.65. The van der Waals surface area contributed by atoms with E-state index in [0.717, 1.165) is 16.9 Å². The van der Waals surface area contributed by atoms with Gasteiger partial charge in [-0.3, -0.25) is 0 Å². The lowest BCUT2D eigenvalue weighted by molar-refractivity contribution is 0.888. The number of aromatic nitrogens is 2. The van der Waals surface area contributed by atoms with Gasteiger partial charge in [0.25, 0.3) is 0 Å². The Bertz CT molecular complexity index is 1000. The van der Waals surface area contributed by atoms with Gasteiger partial charge in [0, 0.05) is 24.0 Å². The Morgan fingerprint density at radius 1 is 0.808 bits per heavy atom. The van der Waals surface area contributed by atoms with Gasteiger partial charge in [-0.1, -0.05) is 48.5 Å². The number of hydrogen-bond donors (Lipinski definition) is 0. The summed E-state index contributed by atoms with van der Waals surface area (Å²) in [6.07, 6.45) is 1.85. The van der Waals surface area contributed by atoms with Crippen LogP contribution in [-0.4, -0.2) is 16.8 Å². The lowest BCUT2D eigenvalue weighted by Gasteiger charge is -2.22. The molecule has 0 bridgehead atoms. The summed E-state index contributed by atoms with van der Waals surface area (Å²) < 4.78 is 1.98. The Hall–Kier alpha value is -3.33. The maximum Gasteiger partial charge on any atom is 0.0741 e.